The molecule has 19 nitrogen and oxygen atoms in total. The second-order valence-electron chi connectivity index (χ2n) is 19.3. The Morgan fingerprint density at radius 2 is 1.24 bits per heavy atom. The van der Waals surface area contributed by atoms with Gasteiger partial charge in [0.1, 0.15) is 12.4 Å². The topological polar surface area (TPSA) is 193 Å². The summed E-state index contributed by atoms with van der Waals surface area (Å²) in [5.41, 5.74) is 2.25. The number of piperidine rings is 1. The number of halogens is 4. The van der Waals surface area contributed by atoms with E-state index in [9.17, 15) is 32.3 Å². The van der Waals surface area contributed by atoms with Gasteiger partial charge in [-0.25, -0.2) is 18.0 Å². The molecule has 0 atom stereocenters. The molecule has 23 heteroatoms. The lowest BCUT2D eigenvalue weighted by Gasteiger charge is -2.35. The second-order valence-corrected chi connectivity index (χ2v) is 20.6. The number of morpholine rings is 1. The Morgan fingerprint density at radius 3 is 1.85 bits per heavy atom. The molecule has 4 aromatic carbocycles. The monoisotopic (exact) mass is 1210 g/mol. The van der Waals surface area contributed by atoms with Gasteiger partial charge in [-0.2, -0.15) is 15.0 Å². The van der Waals surface area contributed by atoms with Crippen molar-refractivity contribution >= 4 is 69.5 Å². The van der Waals surface area contributed by atoms with Gasteiger partial charge in [0.25, 0.3) is 5.91 Å². The number of anilines is 4. The Bertz CT molecular complexity index is 2850. The van der Waals surface area contributed by atoms with E-state index in [0.717, 1.165) is 24.5 Å². The molecular formula is C56H66F3IN10O9. The first-order chi connectivity index (χ1) is 38.3. The molecule has 4 heterocycles. The fourth-order valence-corrected chi connectivity index (χ4v) is 9.70. The number of urea groups is 1. The van der Waals surface area contributed by atoms with E-state index in [2.05, 4.69) is 34.5 Å². The maximum absolute atomic E-state index is 14.8. The number of Topliss-reactive ketones (excluding diaryl/α,β-unsaturated/α-hetero) is 1. The molecule has 0 saturated carbocycles. The maximum Gasteiger partial charge on any atom is 0.323 e. The van der Waals surface area contributed by atoms with Crippen LogP contribution in [-0.4, -0.2) is 192 Å². The molecule has 1 aromatic heterocycles. The second kappa shape index (κ2) is 29.2. The van der Waals surface area contributed by atoms with E-state index in [1.54, 1.807) is 42.5 Å². The molecule has 79 heavy (non-hydrogen) atoms. The summed E-state index contributed by atoms with van der Waals surface area (Å²) < 4.78 is 71.8. The molecule has 2 N–H and O–H groups in total. The highest BCUT2D eigenvalue weighted by Crippen LogP contribution is 2.27. The van der Waals surface area contributed by atoms with Crippen molar-refractivity contribution in [3.8, 4) is 11.4 Å². The van der Waals surface area contributed by atoms with Crippen LogP contribution in [0, 0.1) is 21.0 Å². The highest BCUT2D eigenvalue weighted by atomic mass is 127. The molecule has 8 rings (SSSR count). The number of piperazine rings is 1. The van der Waals surface area contributed by atoms with E-state index in [-0.39, 0.29) is 81.0 Å². The SMILES string of the molecule is CN(C)C1CCN(C(=O)c2ccc(NC(=O)Nc3ccc(-c4nc(N5CCOCC5)nc(N5CCN(C(=O)CCOCCOCCOCCOCC(=O)c6ccc(F)c(F)c6Cc6ccc(I)cc6F)CC5)n4)cc3)cc2)CC1. The van der Waals surface area contributed by atoms with E-state index in [1.165, 1.54) is 18.2 Å². The number of aromatic nitrogens is 3. The number of benzene rings is 4. The van der Waals surface area contributed by atoms with E-state index >= 15 is 0 Å². The Morgan fingerprint density at radius 1 is 0.658 bits per heavy atom. The lowest BCUT2D eigenvalue weighted by molar-refractivity contribution is -0.132. The summed E-state index contributed by atoms with van der Waals surface area (Å²) in [6.07, 6.45) is 1.79. The zero-order chi connectivity index (χ0) is 55.7. The Labute approximate surface area is 471 Å². The molecule has 3 aliphatic rings. The largest absolute Gasteiger partial charge is 0.379 e. The molecule has 0 aliphatic carbocycles. The Hall–Kier alpha value is -6.35. The van der Waals surface area contributed by atoms with E-state index in [4.69, 9.17) is 38.6 Å². The third kappa shape index (κ3) is 16.8. The van der Waals surface area contributed by atoms with Crippen molar-refractivity contribution in [2.45, 2.75) is 31.7 Å². The van der Waals surface area contributed by atoms with Gasteiger partial charge in [0, 0.05) is 102 Å². The molecule has 0 radical (unpaired) electrons. The summed E-state index contributed by atoms with van der Waals surface area (Å²) in [6, 6.07) is 20.7. The normalized spacial score (nSPS) is 15.2. The van der Waals surface area contributed by atoms with Gasteiger partial charge in [-0.05, 0) is 128 Å². The summed E-state index contributed by atoms with van der Waals surface area (Å²) in [4.78, 5) is 76.8. The average Bonchev–Trinajstić information content (AvgIpc) is 3.46. The number of carbonyl (C=O) groups excluding carboxylic acids is 4. The molecular weight excluding hydrogens is 1140 g/mol. The number of hydrogen-bond donors (Lipinski definition) is 2. The Kier molecular flexibility index (Phi) is 21.7. The standard InChI is InChI=1S/C56H66F3IN10O9/c1-66(2)44-15-18-68(19-16-44)53(73)39-6-11-43(12-7-39)62-56(74)61-42-9-4-38(5-10-42)52-63-54(65-55(64-52)70-24-27-76-28-25-70)69-22-20-67(21-23-69)50(72)17-26-75-29-30-77-31-32-78-33-34-79-37-49(71)45-13-14-47(57)51(59)46(45)35-40-3-8-41(60)36-48(40)58/h3-14,36,44H,15-35,37H2,1-2H3,(H2,61,62,74). The third-order valence-electron chi connectivity index (χ3n) is 13.8. The van der Waals surface area contributed by atoms with Crippen LogP contribution >= 0.6 is 22.6 Å². The third-order valence-corrected chi connectivity index (χ3v) is 14.5. The van der Waals surface area contributed by atoms with Crippen molar-refractivity contribution in [3.63, 3.8) is 0 Å². The van der Waals surface area contributed by atoms with Crippen molar-refractivity contribution in [1.82, 2.24) is 29.7 Å². The summed E-state index contributed by atoms with van der Waals surface area (Å²) in [5, 5.41) is 5.71. The number of amides is 4. The number of rotatable bonds is 24. The minimum Gasteiger partial charge on any atom is -0.379 e. The first-order valence-corrected chi connectivity index (χ1v) is 27.5. The molecule has 4 amide bonds. The van der Waals surface area contributed by atoms with Crippen molar-refractivity contribution in [2.75, 3.05) is 153 Å². The van der Waals surface area contributed by atoms with Crippen molar-refractivity contribution in [3.05, 3.63) is 122 Å². The smallest absolute Gasteiger partial charge is 0.323 e. The van der Waals surface area contributed by atoms with Crippen molar-refractivity contribution in [2.24, 2.45) is 0 Å². The quantitative estimate of drug-likeness (QED) is 0.0373. The predicted molar refractivity (Wildman–Crippen MR) is 299 cm³/mol. The van der Waals surface area contributed by atoms with Gasteiger partial charge in [-0.3, -0.25) is 14.4 Å². The highest BCUT2D eigenvalue weighted by molar-refractivity contribution is 14.1. The fourth-order valence-electron chi connectivity index (χ4n) is 9.25. The number of hydrogen-bond acceptors (Lipinski definition) is 15. The van der Waals surface area contributed by atoms with Gasteiger partial charge in [-0.1, -0.05) is 6.07 Å². The molecule has 3 saturated heterocycles. The maximum atomic E-state index is 14.8. The van der Waals surface area contributed by atoms with Crippen molar-refractivity contribution < 1.29 is 56.0 Å². The van der Waals surface area contributed by atoms with Crippen LogP contribution in [0.25, 0.3) is 11.4 Å². The lowest BCUT2D eigenvalue weighted by Crippen LogP contribution is -2.49. The van der Waals surface area contributed by atoms with Gasteiger partial charge in [0.05, 0.1) is 65.9 Å². The number of ether oxygens (including phenoxy) is 5. The fraction of sp³-hybridized carbons (Fsp3) is 0.446. The van der Waals surface area contributed by atoms with E-state index in [0.29, 0.717) is 116 Å². The lowest BCUT2D eigenvalue weighted by atomic mass is 9.96. The molecule has 3 fully saturated rings. The molecule has 0 unspecified atom stereocenters. The van der Waals surface area contributed by atoms with Crippen LogP contribution in [0.4, 0.5) is 41.2 Å². The van der Waals surface area contributed by atoms with Gasteiger partial charge >= 0.3 is 6.03 Å². The van der Waals surface area contributed by atoms with Crippen LogP contribution in [-0.2, 0) is 34.9 Å². The minimum atomic E-state index is -1.20. The first-order valence-electron chi connectivity index (χ1n) is 26.4. The van der Waals surface area contributed by atoms with Crippen LogP contribution < -0.4 is 20.4 Å². The van der Waals surface area contributed by atoms with Gasteiger partial charge in [-0.15, -0.1) is 0 Å². The number of carbonyl (C=O) groups is 4. The number of nitrogens with zero attached hydrogens (tertiary/aromatic N) is 8. The summed E-state index contributed by atoms with van der Waals surface area (Å²) in [6.45, 7) is 6.94. The Balaban J connectivity index is 0.711. The highest BCUT2D eigenvalue weighted by Gasteiger charge is 2.27. The molecule has 3 aliphatic heterocycles. The van der Waals surface area contributed by atoms with E-state index in [1.807, 2.05) is 49.4 Å². The first kappa shape index (κ1) is 58.8. The number of likely N-dealkylation sites (tertiary alicyclic amines) is 1. The van der Waals surface area contributed by atoms with Crippen LogP contribution in [0.2, 0.25) is 0 Å². The summed E-state index contributed by atoms with van der Waals surface area (Å²) in [5.74, 6) is -2.01. The molecule has 0 spiro atoms. The van der Waals surface area contributed by atoms with Crippen molar-refractivity contribution in [1.29, 1.82) is 0 Å². The van der Waals surface area contributed by atoms with Crippen LogP contribution in [0.1, 0.15) is 51.1 Å². The zero-order valence-corrected chi connectivity index (χ0v) is 46.6. The average molecular weight is 1210 g/mol. The zero-order valence-electron chi connectivity index (χ0n) is 44.4. The van der Waals surface area contributed by atoms with Crippen LogP contribution in [0.5, 0.6) is 0 Å². The summed E-state index contributed by atoms with van der Waals surface area (Å²) >= 11 is 1.95. The molecule has 0 bridgehead atoms. The summed E-state index contributed by atoms with van der Waals surface area (Å²) in [7, 11) is 4.14. The van der Waals surface area contributed by atoms with E-state index < -0.39 is 35.9 Å². The van der Waals surface area contributed by atoms with Gasteiger partial charge in [0.2, 0.25) is 17.8 Å². The number of ketones is 1. The van der Waals surface area contributed by atoms with Crippen LogP contribution in [0.3, 0.4) is 0 Å². The molecule has 422 valence electrons. The minimum absolute atomic E-state index is 0.0103. The number of nitrogens with one attached hydrogen (secondary N) is 2. The molecule has 5 aromatic rings. The van der Waals surface area contributed by atoms with Gasteiger partial charge < -0.3 is 58.8 Å². The van der Waals surface area contributed by atoms with Gasteiger partial charge in [0.15, 0.2) is 23.2 Å². The predicted octanol–water partition coefficient (Wildman–Crippen LogP) is 6.79. The van der Waals surface area contributed by atoms with Crippen LogP contribution in [0.15, 0.2) is 78.9 Å².